The molecule has 110 valence electrons. The van der Waals surface area contributed by atoms with Crippen molar-refractivity contribution in [1.29, 1.82) is 0 Å². The van der Waals surface area contributed by atoms with Gasteiger partial charge in [0.05, 0.1) is 27.9 Å². The number of nitrogens with zero attached hydrogens (tertiary/aromatic N) is 3. The van der Waals surface area contributed by atoms with Gasteiger partial charge in [-0.05, 0) is 28.4 Å². The first kappa shape index (κ1) is 15.2. The molecule has 0 saturated heterocycles. The van der Waals surface area contributed by atoms with E-state index in [1.165, 1.54) is 18.3 Å². The summed E-state index contributed by atoms with van der Waals surface area (Å²) in [5, 5.41) is 13.9. The molecule has 2 aromatic rings. The van der Waals surface area contributed by atoms with E-state index in [0.717, 1.165) is 13.0 Å². The van der Waals surface area contributed by atoms with Gasteiger partial charge in [0.25, 0.3) is 5.69 Å². The predicted octanol–water partition coefficient (Wildman–Crippen LogP) is 3.76. The van der Waals surface area contributed by atoms with Crippen LogP contribution in [0.4, 0.5) is 11.5 Å². The van der Waals surface area contributed by atoms with Crippen molar-refractivity contribution in [2.24, 2.45) is 0 Å². The fourth-order valence-electron chi connectivity index (χ4n) is 1.53. The fraction of sp³-hybridized carbons (Fsp3) is 0.231. The summed E-state index contributed by atoms with van der Waals surface area (Å²) in [7, 11) is 0. The summed E-state index contributed by atoms with van der Waals surface area (Å²) in [6.45, 7) is 2.82. The zero-order valence-electron chi connectivity index (χ0n) is 11.2. The molecule has 8 heteroatoms. The number of nitro benzene ring substituents is 1. The van der Waals surface area contributed by atoms with Crippen molar-refractivity contribution in [3.63, 3.8) is 0 Å². The first-order valence-corrected chi connectivity index (χ1v) is 7.07. The Labute approximate surface area is 129 Å². The van der Waals surface area contributed by atoms with E-state index in [1.807, 2.05) is 6.92 Å². The molecule has 0 unspecified atom stereocenters. The lowest BCUT2D eigenvalue weighted by molar-refractivity contribution is -0.384. The number of nitrogens with one attached hydrogen (secondary N) is 1. The van der Waals surface area contributed by atoms with Crippen LogP contribution in [-0.2, 0) is 0 Å². The Morgan fingerprint density at radius 3 is 2.95 bits per heavy atom. The maximum atomic E-state index is 10.8. The van der Waals surface area contributed by atoms with E-state index in [1.54, 1.807) is 12.3 Å². The van der Waals surface area contributed by atoms with Crippen molar-refractivity contribution >= 4 is 27.4 Å². The molecular formula is C13H13BrN4O3. The number of halogens is 1. The molecule has 21 heavy (non-hydrogen) atoms. The van der Waals surface area contributed by atoms with Crippen LogP contribution in [-0.4, -0.2) is 21.4 Å². The van der Waals surface area contributed by atoms with Crippen molar-refractivity contribution in [2.45, 2.75) is 13.3 Å². The maximum Gasteiger partial charge on any atom is 0.273 e. The summed E-state index contributed by atoms with van der Waals surface area (Å²) in [5.74, 6) is 1.17. The predicted molar refractivity (Wildman–Crippen MR) is 81.7 cm³/mol. The average Bonchev–Trinajstić information content (AvgIpc) is 2.47. The van der Waals surface area contributed by atoms with Crippen molar-refractivity contribution in [2.75, 3.05) is 11.9 Å². The second-order valence-corrected chi connectivity index (χ2v) is 5.00. The van der Waals surface area contributed by atoms with Crippen LogP contribution in [0.25, 0.3) is 0 Å². The summed E-state index contributed by atoms with van der Waals surface area (Å²) < 4.78 is 6.15. The second-order valence-electron chi connectivity index (χ2n) is 4.14. The van der Waals surface area contributed by atoms with Gasteiger partial charge in [0, 0.05) is 12.6 Å². The SMILES string of the molecule is CCCNc1cncc(Oc2cc([N+](=O)[O-])ccc2Br)n1. The van der Waals surface area contributed by atoms with Gasteiger partial charge in [0.2, 0.25) is 5.88 Å². The summed E-state index contributed by atoms with van der Waals surface area (Å²) >= 11 is 3.29. The zero-order valence-corrected chi connectivity index (χ0v) is 12.8. The first-order valence-electron chi connectivity index (χ1n) is 6.28. The first-order chi connectivity index (χ1) is 10.1. The number of rotatable bonds is 6. The molecule has 0 radical (unpaired) electrons. The second kappa shape index (κ2) is 6.98. The van der Waals surface area contributed by atoms with Crippen molar-refractivity contribution < 1.29 is 9.66 Å². The summed E-state index contributed by atoms with van der Waals surface area (Å²) in [5.41, 5.74) is -0.0542. The Morgan fingerprint density at radius 1 is 1.43 bits per heavy atom. The van der Waals surface area contributed by atoms with Gasteiger partial charge in [-0.3, -0.25) is 15.1 Å². The van der Waals surface area contributed by atoms with E-state index in [0.29, 0.717) is 16.0 Å². The standard InChI is InChI=1S/C13H13BrN4O3/c1-2-5-16-12-7-15-8-13(17-12)21-11-6-9(18(19)20)3-4-10(11)14/h3-4,6-8H,2,5H2,1H3,(H,16,17). The third kappa shape index (κ3) is 4.12. The van der Waals surface area contributed by atoms with Gasteiger partial charge in [0.15, 0.2) is 5.75 Å². The van der Waals surface area contributed by atoms with Crippen LogP contribution >= 0.6 is 15.9 Å². The number of hydrogen-bond donors (Lipinski definition) is 1. The third-order valence-corrected chi connectivity index (χ3v) is 3.16. The van der Waals surface area contributed by atoms with Crippen molar-refractivity contribution in [3.8, 4) is 11.6 Å². The minimum Gasteiger partial charge on any atom is -0.436 e. The Hall–Kier alpha value is -2.22. The van der Waals surface area contributed by atoms with Crippen molar-refractivity contribution in [1.82, 2.24) is 9.97 Å². The van der Waals surface area contributed by atoms with E-state index in [4.69, 9.17) is 4.74 Å². The molecule has 0 spiro atoms. The van der Waals surface area contributed by atoms with Crippen molar-refractivity contribution in [3.05, 3.63) is 45.2 Å². The number of ether oxygens (including phenoxy) is 1. The Balaban J connectivity index is 2.21. The largest absolute Gasteiger partial charge is 0.436 e. The molecule has 1 N–H and O–H groups in total. The molecule has 1 aromatic heterocycles. The highest BCUT2D eigenvalue weighted by atomic mass is 79.9. The average molecular weight is 353 g/mol. The number of hydrogen-bond acceptors (Lipinski definition) is 6. The molecule has 1 aromatic carbocycles. The fourth-order valence-corrected chi connectivity index (χ4v) is 1.86. The number of nitro groups is 1. The number of aromatic nitrogens is 2. The van der Waals surface area contributed by atoms with Gasteiger partial charge in [-0.25, -0.2) is 0 Å². The molecule has 7 nitrogen and oxygen atoms in total. The van der Waals surface area contributed by atoms with Crippen LogP contribution in [0.15, 0.2) is 35.1 Å². The minimum atomic E-state index is -0.482. The molecule has 0 aliphatic heterocycles. The monoisotopic (exact) mass is 352 g/mol. The lowest BCUT2D eigenvalue weighted by atomic mass is 10.3. The van der Waals surface area contributed by atoms with Crippen LogP contribution in [0.5, 0.6) is 11.6 Å². The Morgan fingerprint density at radius 2 is 2.24 bits per heavy atom. The lowest BCUT2D eigenvalue weighted by Gasteiger charge is -2.08. The van der Waals surface area contributed by atoms with Crippen LogP contribution in [0.1, 0.15) is 13.3 Å². The molecule has 0 saturated carbocycles. The van der Waals surface area contributed by atoms with E-state index in [-0.39, 0.29) is 11.6 Å². The van der Waals surface area contributed by atoms with Gasteiger partial charge in [-0.1, -0.05) is 6.92 Å². The van der Waals surface area contributed by atoms with E-state index < -0.39 is 4.92 Å². The van der Waals surface area contributed by atoms with E-state index >= 15 is 0 Å². The summed E-state index contributed by atoms with van der Waals surface area (Å²) in [6.07, 6.45) is 4.00. The normalized spacial score (nSPS) is 10.2. The highest BCUT2D eigenvalue weighted by molar-refractivity contribution is 9.10. The lowest BCUT2D eigenvalue weighted by Crippen LogP contribution is -2.03. The van der Waals surface area contributed by atoms with Crippen LogP contribution in [0.3, 0.4) is 0 Å². The van der Waals surface area contributed by atoms with Gasteiger partial charge in [-0.2, -0.15) is 4.98 Å². The summed E-state index contributed by atoms with van der Waals surface area (Å²) in [6, 6.07) is 4.28. The highest BCUT2D eigenvalue weighted by Crippen LogP contribution is 2.32. The van der Waals surface area contributed by atoms with E-state index in [9.17, 15) is 10.1 Å². The molecule has 0 amide bonds. The molecule has 0 bridgehead atoms. The van der Waals surface area contributed by atoms with E-state index in [2.05, 4.69) is 31.2 Å². The zero-order chi connectivity index (χ0) is 15.2. The molecule has 0 aliphatic carbocycles. The Bertz CT molecular complexity index is 651. The van der Waals surface area contributed by atoms with Crippen LogP contribution < -0.4 is 10.1 Å². The molecule has 0 fully saturated rings. The van der Waals surface area contributed by atoms with Gasteiger partial charge in [0.1, 0.15) is 5.82 Å². The number of benzene rings is 1. The number of non-ortho nitro benzene ring substituents is 1. The molecule has 0 aliphatic rings. The quantitative estimate of drug-likeness (QED) is 0.628. The number of anilines is 1. The Kier molecular flexibility index (Phi) is 5.04. The van der Waals surface area contributed by atoms with Gasteiger partial charge < -0.3 is 10.1 Å². The topological polar surface area (TPSA) is 90.2 Å². The van der Waals surface area contributed by atoms with Gasteiger partial charge >= 0.3 is 0 Å². The minimum absolute atomic E-state index is 0.0542. The highest BCUT2D eigenvalue weighted by Gasteiger charge is 2.12. The molecule has 1 heterocycles. The summed E-state index contributed by atoms with van der Waals surface area (Å²) in [4.78, 5) is 18.6. The molecular weight excluding hydrogens is 340 g/mol. The molecule has 0 atom stereocenters. The van der Waals surface area contributed by atoms with Crippen LogP contribution in [0, 0.1) is 10.1 Å². The third-order valence-electron chi connectivity index (χ3n) is 2.51. The smallest absolute Gasteiger partial charge is 0.273 e. The van der Waals surface area contributed by atoms with Gasteiger partial charge in [-0.15, -0.1) is 0 Å². The van der Waals surface area contributed by atoms with Crippen LogP contribution in [0.2, 0.25) is 0 Å². The molecule has 2 rings (SSSR count). The maximum absolute atomic E-state index is 10.8.